The summed E-state index contributed by atoms with van der Waals surface area (Å²) in [6.45, 7) is 0. The molecule has 0 saturated heterocycles. The molecule has 3 heteroatoms. The van der Waals surface area contributed by atoms with Crippen LogP contribution in [0.5, 0.6) is 0 Å². The minimum atomic E-state index is -0.223. The second kappa shape index (κ2) is 6.78. The Morgan fingerprint density at radius 2 is 1.00 bits per heavy atom. The number of aromatic nitrogens is 1. The van der Waals surface area contributed by atoms with Crippen molar-refractivity contribution in [2.75, 3.05) is 0 Å². The fraction of sp³-hybridized carbons (Fsp3) is 0. The van der Waals surface area contributed by atoms with Crippen LogP contribution < -0.4 is 0 Å². The van der Waals surface area contributed by atoms with Gasteiger partial charge in [-0.1, -0.05) is 60.7 Å². The second-order valence-corrected chi connectivity index (χ2v) is 6.65. The van der Waals surface area contributed by atoms with Gasteiger partial charge in [0.05, 0.1) is 0 Å². The third-order valence-electron chi connectivity index (χ3n) is 4.82. The molecule has 0 aliphatic heterocycles. The molecule has 0 atom stereocenters. The first kappa shape index (κ1) is 16.5. The number of oxazole rings is 1. The van der Waals surface area contributed by atoms with E-state index in [0.29, 0.717) is 5.89 Å². The fourth-order valence-electron chi connectivity index (χ4n) is 3.30. The van der Waals surface area contributed by atoms with Gasteiger partial charge < -0.3 is 4.42 Å². The molecular weight excluding hydrogens is 349 g/mol. The molecule has 1 aromatic heterocycles. The van der Waals surface area contributed by atoms with Gasteiger partial charge in [0.2, 0.25) is 5.89 Å². The van der Waals surface area contributed by atoms with Gasteiger partial charge >= 0.3 is 0 Å². The van der Waals surface area contributed by atoms with Crippen LogP contribution >= 0.6 is 0 Å². The molecule has 0 amide bonds. The van der Waals surface area contributed by atoms with E-state index in [1.807, 2.05) is 36.4 Å². The molecular formula is C25H16FNO. The third kappa shape index (κ3) is 3.08. The Kier molecular flexibility index (Phi) is 3.99. The summed E-state index contributed by atoms with van der Waals surface area (Å²) in [4.78, 5) is 4.54. The van der Waals surface area contributed by atoms with Crippen molar-refractivity contribution in [1.82, 2.24) is 4.98 Å². The predicted molar refractivity (Wildman–Crippen MR) is 110 cm³/mol. The van der Waals surface area contributed by atoms with Crippen molar-refractivity contribution in [3.8, 4) is 33.7 Å². The summed E-state index contributed by atoms with van der Waals surface area (Å²) in [5.74, 6) is 0.402. The molecule has 134 valence electrons. The summed E-state index contributed by atoms with van der Waals surface area (Å²) < 4.78 is 18.9. The molecule has 0 radical (unpaired) electrons. The van der Waals surface area contributed by atoms with E-state index in [-0.39, 0.29) is 5.82 Å². The highest BCUT2D eigenvalue weighted by Crippen LogP contribution is 2.28. The lowest BCUT2D eigenvalue weighted by Gasteiger charge is -2.06. The lowest BCUT2D eigenvalue weighted by atomic mass is 9.99. The molecule has 0 aliphatic rings. The Balaban J connectivity index is 1.41. The summed E-state index contributed by atoms with van der Waals surface area (Å²) in [5, 5.41) is 0. The zero-order valence-electron chi connectivity index (χ0n) is 15.0. The topological polar surface area (TPSA) is 26.0 Å². The van der Waals surface area contributed by atoms with Crippen molar-refractivity contribution in [1.29, 1.82) is 0 Å². The highest BCUT2D eigenvalue weighted by Gasteiger charge is 2.08. The van der Waals surface area contributed by atoms with Crippen LogP contribution in [0.15, 0.2) is 101 Å². The first-order valence-corrected chi connectivity index (χ1v) is 9.09. The fourth-order valence-corrected chi connectivity index (χ4v) is 3.30. The second-order valence-electron chi connectivity index (χ2n) is 6.65. The molecule has 0 N–H and O–H groups in total. The molecule has 5 rings (SSSR count). The van der Waals surface area contributed by atoms with Gasteiger partial charge in [0.25, 0.3) is 0 Å². The van der Waals surface area contributed by atoms with Gasteiger partial charge in [-0.15, -0.1) is 0 Å². The number of hydrogen-bond acceptors (Lipinski definition) is 2. The minimum Gasteiger partial charge on any atom is -0.436 e. The summed E-state index contributed by atoms with van der Waals surface area (Å²) in [6.07, 6.45) is 0. The van der Waals surface area contributed by atoms with Crippen LogP contribution in [0.2, 0.25) is 0 Å². The van der Waals surface area contributed by atoms with Gasteiger partial charge in [-0.05, 0) is 58.7 Å². The Hall–Kier alpha value is -3.72. The van der Waals surface area contributed by atoms with Gasteiger partial charge in [0.1, 0.15) is 11.3 Å². The van der Waals surface area contributed by atoms with Gasteiger partial charge in [0.15, 0.2) is 5.58 Å². The molecule has 1 heterocycles. The van der Waals surface area contributed by atoms with E-state index in [1.54, 1.807) is 12.1 Å². The van der Waals surface area contributed by atoms with Crippen molar-refractivity contribution < 1.29 is 8.81 Å². The van der Waals surface area contributed by atoms with Crippen LogP contribution in [-0.2, 0) is 0 Å². The SMILES string of the molecule is Fc1ccc(-c2ccc(-c3ccc(-c4nc5ccccc5o4)cc3)cc2)cc1. The summed E-state index contributed by atoms with van der Waals surface area (Å²) in [5.41, 5.74) is 6.89. The third-order valence-corrected chi connectivity index (χ3v) is 4.82. The first-order chi connectivity index (χ1) is 13.8. The van der Waals surface area contributed by atoms with Gasteiger partial charge in [0, 0.05) is 5.56 Å². The maximum absolute atomic E-state index is 13.1. The smallest absolute Gasteiger partial charge is 0.227 e. The highest BCUT2D eigenvalue weighted by atomic mass is 19.1. The number of halogens is 1. The van der Waals surface area contributed by atoms with Crippen LogP contribution in [0.4, 0.5) is 4.39 Å². The zero-order chi connectivity index (χ0) is 18.9. The van der Waals surface area contributed by atoms with Crippen molar-refractivity contribution in [3.05, 3.63) is 103 Å². The lowest BCUT2D eigenvalue weighted by Crippen LogP contribution is -1.82. The van der Waals surface area contributed by atoms with Crippen molar-refractivity contribution >= 4 is 11.1 Å². The standard InChI is InChI=1S/C25H16FNO/c26-22-15-13-20(14-16-22)18-7-5-17(6-8-18)19-9-11-21(12-10-19)25-27-23-3-1-2-4-24(23)28-25/h1-16H. The van der Waals surface area contributed by atoms with Crippen molar-refractivity contribution in [3.63, 3.8) is 0 Å². The molecule has 0 spiro atoms. The van der Waals surface area contributed by atoms with E-state index in [9.17, 15) is 4.39 Å². The van der Waals surface area contributed by atoms with Gasteiger partial charge in [-0.25, -0.2) is 9.37 Å². The largest absolute Gasteiger partial charge is 0.436 e. The summed E-state index contributed by atoms with van der Waals surface area (Å²) >= 11 is 0. The monoisotopic (exact) mass is 365 g/mol. The van der Waals surface area contributed by atoms with E-state index in [2.05, 4.69) is 41.4 Å². The number of nitrogens with zero attached hydrogens (tertiary/aromatic N) is 1. The van der Waals surface area contributed by atoms with Crippen LogP contribution in [0, 0.1) is 5.82 Å². The van der Waals surface area contributed by atoms with E-state index < -0.39 is 0 Å². The Morgan fingerprint density at radius 3 is 1.54 bits per heavy atom. The Bertz CT molecular complexity index is 1200. The van der Waals surface area contributed by atoms with E-state index in [4.69, 9.17) is 4.42 Å². The summed E-state index contributed by atoms with van der Waals surface area (Å²) in [6, 6.07) is 30.7. The summed E-state index contributed by atoms with van der Waals surface area (Å²) in [7, 11) is 0. The van der Waals surface area contributed by atoms with E-state index >= 15 is 0 Å². The Labute approximate surface area is 161 Å². The quantitative estimate of drug-likeness (QED) is 0.345. The molecule has 0 fully saturated rings. The number of para-hydroxylation sites is 2. The van der Waals surface area contributed by atoms with Crippen LogP contribution in [-0.4, -0.2) is 4.98 Å². The van der Waals surface area contributed by atoms with Crippen LogP contribution in [0.3, 0.4) is 0 Å². The minimum absolute atomic E-state index is 0.223. The van der Waals surface area contributed by atoms with Crippen LogP contribution in [0.25, 0.3) is 44.8 Å². The average molecular weight is 365 g/mol. The zero-order valence-corrected chi connectivity index (χ0v) is 15.0. The van der Waals surface area contributed by atoms with Gasteiger partial charge in [-0.2, -0.15) is 0 Å². The number of fused-ring (bicyclic) bond motifs is 1. The maximum atomic E-state index is 13.1. The van der Waals surface area contributed by atoms with Crippen molar-refractivity contribution in [2.45, 2.75) is 0 Å². The molecule has 5 aromatic rings. The predicted octanol–water partition coefficient (Wildman–Crippen LogP) is 6.97. The first-order valence-electron chi connectivity index (χ1n) is 9.09. The van der Waals surface area contributed by atoms with E-state index in [1.165, 1.54) is 12.1 Å². The number of benzene rings is 4. The molecule has 0 aliphatic carbocycles. The highest BCUT2D eigenvalue weighted by molar-refractivity contribution is 5.77. The van der Waals surface area contributed by atoms with Crippen LogP contribution in [0.1, 0.15) is 0 Å². The maximum Gasteiger partial charge on any atom is 0.227 e. The number of rotatable bonds is 3. The molecule has 0 unspecified atom stereocenters. The van der Waals surface area contributed by atoms with E-state index in [0.717, 1.165) is 38.9 Å². The molecule has 28 heavy (non-hydrogen) atoms. The van der Waals surface area contributed by atoms with Gasteiger partial charge in [-0.3, -0.25) is 0 Å². The molecule has 0 bridgehead atoms. The average Bonchev–Trinajstić information content (AvgIpc) is 3.19. The number of hydrogen-bond donors (Lipinski definition) is 0. The molecule has 2 nitrogen and oxygen atoms in total. The Morgan fingerprint density at radius 1 is 0.536 bits per heavy atom. The molecule has 0 saturated carbocycles. The lowest BCUT2D eigenvalue weighted by molar-refractivity contribution is 0.620. The van der Waals surface area contributed by atoms with Crippen molar-refractivity contribution in [2.24, 2.45) is 0 Å². The molecule has 4 aromatic carbocycles. The normalized spacial score (nSPS) is 11.0.